The first-order chi connectivity index (χ1) is 10.7. The van der Waals surface area contributed by atoms with Crippen molar-refractivity contribution in [3.05, 3.63) is 53.0 Å². The Morgan fingerprint density at radius 1 is 1.36 bits per heavy atom. The quantitative estimate of drug-likeness (QED) is 0.665. The van der Waals surface area contributed by atoms with Gasteiger partial charge in [0.1, 0.15) is 0 Å². The van der Waals surface area contributed by atoms with Gasteiger partial charge in [-0.1, -0.05) is 35.0 Å². The van der Waals surface area contributed by atoms with Gasteiger partial charge in [-0.2, -0.15) is 0 Å². The van der Waals surface area contributed by atoms with Gasteiger partial charge >= 0.3 is 0 Å². The second-order valence-corrected chi connectivity index (χ2v) is 10.3. The van der Waals surface area contributed by atoms with Crippen LogP contribution in [-0.2, 0) is 13.0 Å². The third kappa shape index (κ3) is 4.33. The summed E-state index contributed by atoms with van der Waals surface area (Å²) in [6, 6.07) is 8.73. The number of hydrogen-bond acceptors (Lipinski definition) is 3. The van der Waals surface area contributed by atoms with E-state index in [2.05, 4.69) is 86.4 Å². The molecule has 0 amide bonds. The van der Waals surface area contributed by atoms with Crippen molar-refractivity contribution in [2.24, 2.45) is 0 Å². The third-order valence-corrected chi connectivity index (χ3v) is 8.16. The SMILES string of the molecule is CC1CSC(CCCc2ccc(Br)cc2)(Cn2ccnc2)S1. The van der Waals surface area contributed by atoms with E-state index in [4.69, 9.17) is 0 Å². The molecular formula is C17H21BrN2S2. The van der Waals surface area contributed by atoms with Crippen molar-refractivity contribution < 1.29 is 0 Å². The van der Waals surface area contributed by atoms with Crippen LogP contribution in [0.2, 0.25) is 0 Å². The monoisotopic (exact) mass is 396 g/mol. The molecule has 2 heterocycles. The van der Waals surface area contributed by atoms with E-state index < -0.39 is 0 Å². The molecule has 2 aromatic rings. The Labute approximate surface area is 149 Å². The van der Waals surface area contributed by atoms with Crippen LogP contribution in [-0.4, -0.2) is 24.6 Å². The van der Waals surface area contributed by atoms with Crippen molar-refractivity contribution >= 4 is 39.5 Å². The first kappa shape index (κ1) is 16.5. The van der Waals surface area contributed by atoms with Crippen molar-refractivity contribution in [1.82, 2.24) is 9.55 Å². The van der Waals surface area contributed by atoms with Crippen molar-refractivity contribution in [3.8, 4) is 0 Å². The van der Waals surface area contributed by atoms with E-state index in [1.165, 1.54) is 24.2 Å². The number of aromatic nitrogens is 2. The van der Waals surface area contributed by atoms with Crippen LogP contribution in [0, 0.1) is 0 Å². The lowest BCUT2D eigenvalue weighted by Gasteiger charge is -2.28. The summed E-state index contributed by atoms with van der Waals surface area (Å²) in [5.41, 5.74) is 1.43. The van der Waals surface area contributed by atoms with Gasteiger partial charge < -0.3 is 4.57 Å². The zero-order chi connectivity index (χ0) is 15.4. The topological polar surface area (TPSA) is 17.8 Å². The Morgan fingerprint density at radius 3 is 2.82 bits per heavy atom. The van der Waals surface area contributed by atoms with Crippen molar-refractivity contribution in [2.45, 2.75) is 42.1 Å². The maximum Gasteiger partial charge on any atom is 0.0946 e. The zero-order valence-corrected chi connectivity index (χ0v) is 16.0. The Kier molecular flexibility index (Phi) is 5.58. The molecule has 1 aliphatic rings. The molecule has 0 N–H and O–H groups in total. The summed E-state index contributed by atoms with van der Waals surface area (Å²) in [6.45, 7) is 3.41. The van der Waals surface area contributed by atoms with E-state index in [0.717, 1.165) is 22.7 Å². The Bertz CT molecular complexity index is 585. The Balaban J connectivity index is 1.59. The Morgan fingerprint density at radius 2 is 2.18 bits per heavy atom. The van der Waals surface area contributed by atoms with Crippen LogP contribution in [0.25, 0.3) is 0 Å². The van der Waals surface area contributed by atoms with Crippen LogP contribution in [0.4, 0.5) is 0 Å². The summed E-state index contributed by atoms with van der Waals surface area (Å²) in [4.78, 5) is 4.19. The summed E-state index contributed by atoms with van der Waals surface area (Å²) in [5.74, 6) is 1.26. The summed E-state index contributed by atoms with van der Waals surface area (Å²) >= 11 is 7.80. The fourth-order valence-corrected chi connectivity index (χ4v) is 6.86. The van der Waals surface area contributed by atoms with Crippen LogP contribution in [0.5, 0.6) is 0 Å². The lowest BCUT2D eigenvalue weighted by Crippen LogP contribution is -2.24. The molecule has 1 fully saturated rings. The predicted octanol–water partition coefficient (Wildman–Crippen LogP) is 5.23. The number of halogens is 1. The molecular weight excluding hydrogens is 376 g/mol. The van der Waals surface area contributed by atoms with Crippen LogP contribution in [0.1, 0.15) is 25.3 Å². The van der Waals surface area contributed by atoms with E-state index in [9.17, 15) is 0 Å². The van der Waals surface area contributed by atoms with Crippen LogP contribution in [0.3, 0.4) is 0 Å². The minimum Gasteiger partial charge on any atom is -0.335 e. The van der Waals surface area contributed by atoms with E-state index in [1.807, 2.05) is 12.5 Å². The third-order valence-electron chi connectivity index (χ3n) is 3.92. The van der Waals surface area contributed by atoms with E-state index in [-0.39, 0.29) is 0 Å². The molecule has 1 aromatic carbocycles. The second-order valence-electron chi connectivity index (χ2n) is 5.87. The van der Waals surface area contributed by atoms with Gasteiger partial charge in [0.05, 0.1) is 10.4 Å². The fraction of sp³-hybridized carbons (Fsp3) is 0.471. The summed E-state index contributed by atoms with van der Waals surface area (Å²) < 4.78 is 3.70. The molecule has 0 aliphatic carbocycles. The molecule has 0 saturated carbocycles. The number of rotatable bonds is 6. The number of aryl methyl sites for hydroxylation is 1. The summed E-state index contributed by atoms with van der Waals surface area (Å²) in [5, 5.41) is 0.751. The second kappa shape index (κ2) is 7.45. The van der Waals surface area contributed by atoms with Crippen LogP contribution in [0.15, 0.2) is 47.5 Å². The standard InChI is InChI=1S/C17H21BrN2S2/c1-14-11-21-17(22-14,12-20-10-9-19-13-20)8-2-3-15-4-6-16(18)7-5-15/h4-7,9-10,13-14H,2-3,8,11-12H2,1H3. The number of nitrogens with zero attached hydrogens (tertiary/aromatic N) is 2. The highest BCUT2D eigenvalue weighted by molar-refractivity contribution is 9.10. The van der Waals surface area contributed by atoms with Crippen molar-refractivity contribution in [2.75, 3.05) is 5.75 Å². The fourth-order valence-electron chi connectivity index (χ4n) is 2.87. The molecule has 0 bridgehead atoms. The zero-order valence-electron chi connectivity index (χ0n) is 12.7. The summed E-state index contributed by atoms with van der Waals surface area (Å²) in [7, 11) is 0. The van der Waals surface area contributed by atoms with Gasteiger partial charge in [0.2, 0.25) is 0 Å². The molecule has 2 atom stereocenters. The molecule has 0 radical (unpaired) electrons. The first-order valence-corrected chi connectivity index (χ1v) is 10.3. The average Bonchev–Trinajstić information content (AvgIpc) is 3.12. The molecule has 3 rings (SSSR count). The van der Waals surface area contributed by atoms with Gasteiger partial charge in [-0.15, -0.1) is 23.5 Å². The van der Waals surface area contributed by atoms with E-state index in [0.29, 0.717) is 4.08 Å². The minimum absolute atomic E-state index is 0.315. The van der Waals surface area contributed by atoms with E-state index in [1.54, 1.807) is 0 Å². The first-order valence-electron chi connectivity index (χ1n) is 7.67. The lowest BCUT2D eigenvalue weighted by atomic mass is 10.1. The minimum atomic E-state index is 0.315. The molecule has 5 heteroatoms. The van der Waals surface area contributed by atoms with Gasteiger partial charge in [-0.25, -0.2) is 4.98 Å². The smallest absolute Gasteiger partial charge is 0.0946 e. The molecule has 1 aromatic heterocycles. The van der Waals surface area contributed by atoms with Gasteiger partial charge in [0.25, 0.3) is 0 Å². The molecule has 118 valence electrons. The largest absolute Gasteiger partial charge is 0.335 e. The normalized spacial score (nSPS) is 24.7. The van der Waals surface area contributed by atoms with Gasteiger partial charge in [-0.3, -0.25) is 0 Å². The van der Waals surface area contributed by atoms with Crippen LogP contribution < -0.4 is 0 Å². The Hall–Kier alpha value is -0.390. The lowest BCUT2D eigenvalue weighted by molar-refractivity contribution is 0.571. The molecule has 1 aliphatic heterocycles. The van der Waals surface area contributed by atoms with Crippen molar-refractivity contribution in [3.63, 3.8) is 0 Å². The summed E-state index contributed by atoms with van der Waals surface area (Å²) in [6.07, 6.45) is 9.56. The van der Waals surface area contributed by atoms with Gasteiger partial charge in [-0.05, 0) is 37.0 Å². The molecule has 1 saturated heterocycles. The maximum atomic E-state index is 4.19. The molecule has 2 nitrogen and oxygen atoms in total. The predicted molar refractivity (Wildman–Crippen MR) is 102 cm³/mol. The number of thioether (sulfide) groups is 2. The van der Waals surface area contributed by atoms with Gasteiger partial charge in [0.15, 0.2) is 0 Å². The average molecular weight is 397 g/mol. The highest BCUT2D eigenvalue weighted by atomic mass is 79.9. The number of imidazole rings is 1. The highest BCUT2D eigenvalue weighted by Crippen LogP contribution is 2.51. The number of hydrogen-bond donors (Lipinski definition) is 0. The van der Waals surface area contributed by atoms with Crippen molar-refractivity contribution in [1.29, 1.82) is 0 Å². The maximum absolute atomic E-state index is 4.19. The van der Waals surface area contributed by atoms with Gasteiger partial charge in [0, 0.05) is 34.4 Å². The molecule has 2 unspecified atom stereocenters. The van der Waals surface area contributed by atoms with Crippen LogP contribution >= 0.6 is 39.5 Å². The highest BCUT2D eigenvalue weighted by Gasteiger charge is 2.38. The number of benzene rings is 1. The molecule has 22 heavy (non-hydrogen) atoms. The molecule has 0 spiro atoms. The van der Waals surface area contributed by atoms with E-state index >= 15 is 0 Å².